The number of sulfonamides is 1. The topological polar surface area (TPSA) is 55.4 Å². The summed E-state index contributed by atoms with van der Waals surface area (Å²) < 4.78 is 30.2. The Morgan fingerprint density at radius 2 is 1.94 bits per heavy atom. The van der Waals surface area contributed by atoms with Gasteiger partial charge in [-0.15, -0.1) is 11.6 Å². The number of benzene rings is 1. The molecular formula is C11H16ClNO3S. The van der Waals surface area contributed by atoms with Gasteiger partial charge in [-0.2, -0.15) is 0 Å². The van der Waals surface area contributed by atoms with Crippen molar-refractivity contribution in [3.63, 3.8) is 0 Å². The van der Waals surface area contributed by atoms with Crippen molar-refractivity contribution in [3.8, 4) is 0 Å². The summed E-state index contributed by atoms with van der Waals surface area (Å²) in [5, 5.41) is -0.430. The fraction of sp³-hybridized carbons (Fsp3) is 0.455. The van der Waals surface area contributed by atoms with Crippen molar-refractivity contribution in [2.75, 3.05) is 11.8 Å². The number of ether oxygens (including phenoxy) is 1. The van der Waals surface area contributed by atoms with Crippen LogP contribution in [0.4, 0.5) is 0 Å². The zero-order valence-electron chi connectivity index (χ0n) is 9.65. The molecule has 17 heavy (non-hydrogen) atoms. The molecule has 1 aromatic carbocycles. The largest absolute Gasteiger partial charge is 0.377 e. The van der Waals surface area contributed by atoms with Crippen molar-refractivity contribution >= 4 is 21.6 Å². The van der Waals surface area contributed by atoms with E-state index in [-0.39, 0.29) is 6.54 Å². The predicted molar refractivity (Wildman–Crippen MR) is 68.3 cm³/mol. The molecular weight excluding hydrogens is 262 g/mol. The number of halogens is 1. The smallest absolute Gasteiger partial charge is 0.225 e. The highest BCUT2D eigenvalue weighted by atomic mass is 35.5. The van der Waals surface area contributed by atoms with Crippen molar-refractivity contribution in [2.24, 2.45) is 0 Å². The quantitative estimate of drug-likeness (QED) is 0.774. The molecule has 0 saturated heterocycles. The predicted octanol–water partition coefficient (Wildman–Crippen LogP) is 1.84. The highest BCUT2D eigenvalue weighted by molar-refractivity contribution is 7.90. The van der Waals surface area contributed by atoms with Crippen molar-refractivity contribution in [2.45, 2.75) is 20.1 Å². The van der Waals surface area contributed by atoms with E-state index in [1.807, 2.05) is 31.2 Å². The Labute approximate surface area is 107 Å². The Morgan fingerprint density at radius 3 is 2.53 bits per heavy atom. The van der Waals surface area contributed by atoms with Gasteiger partial charge in [-0.05, 0) is 18.1 Å². The molecule has 6 heteroatoms. The maximum Gasteiger partial charge on any atom is 0.225 e. The van der Waals surface area contributed by atoms with Gasteiger partial charge in [0.05, 0.1) is 6.61 Å². The molecule has 96 valence electrons. The molecule has 0 aromatic heterocycles. The summed E-state index contributed by atoms with van der Waals surface area (Å²) >= 11 is 5.31. The molecule has 0 amide bonds. The van der Waals surface area contributed by atoms with Crippen LogP contribution in [0, 0.1) is 0 Å². The average Bonchev–Trinajstić information content (AvgIpc) is 2.35. The standard InChI is InChI=1S/C11H16ClNO3S/c1-2-16-8-11-6-4-3-5-10(11)7-13-17(14,15)9-12/h3-6,13H,2,7-9H2,1H3. The third-order valence-electron chi connectivity index (χ3n) is 2.21. The first-order valence-electron chi connectivity index (χ1n) is 5.27. The van der Waals surface area contributed by atoms with Crippen molar-refractivity contribution in [1.82, 2.24) is 4.72 Å². The lowest BCUT2D eigenvalue weighted by Gasteiger charge is -2.10. The van der Waals surface area contributed by atoms with Crippen LogP contribution < -0.4 is 4.72 Å². The van der Waals surface area contributed by atoms with Gasteiger partial charge in [0.25, 0.3) is 0 Å². The molecule has 0 atom stereocenters. The summed E-state index contributed by atoms with van der Waals surface area (Å²) in [5.74, 6) is 0. The molecule has 0 radical (unpaired) electrons. The van der Waals surface area contributed by atoms with E-state index in [1.165, 1.54) is 0 Å². The van der Waals surface area contributed by atoms with Crippen molar-refractivity contribution in [1.29, 1.82) is 0 Å². The molecule has 0 saturated carbocycles. The van der Waals surface area contributed by atoms with Gasteiger partial charge in [-0.1, -0.05) is 24.3 Å². The van der Waals surface area contributed by atoms with E-state index in [4.69, 9.17) is 16.3 Å². The molecule has 0 aliphatic carbocycles. The first-order chi connectivity index (χ1) is 8.09. The van der Waals surface area contributed by atoms with Crippen molar-refractivity contribution < 1.29 is 13.2 Å². The van der Waals surface area contributed by atoms with E-state index < -0.39 is 15.2 Å². The zero-order chi connectivity index (χ0) is 12.7. The molecule has 1 aromatic rings. The maximum absolute atomic E-state index is 11.2. The molecule has 0 aliphatic rings. The summed E-state index contributed by atoms with van der Waals surface area (Å²) in [4.78, 5) is 0. The van der Waals surface area contributed by atoms with Gasteiger partial charge < -0.3 is 4.74 Å². The summed E-state index contributed by atoms with van der Waals surface area (Å²) in [6, 6.07) is 7.54. The third-order valence-corrected chi connectivity index (χ3v) is 3.94. The molecule has 0 fully saturated rings. The summed E-state index contributed by atoms with van der Waals surface area (Å²) in [6.07, 6.45) is 0. The van der Waals surface area contributed by atoms with Crippen LogP contribution in [0.2, 0.25) is 0 Å². The second-order valence-corrected chi connectivity index (χ2v) is 5.84. The summed E-state index contributed by atoms with van der Waals surface area (Å²) in [5.41, 5.74) is 1.88. The average molecular weight is 278 g/mol. The maximum atomic E-state index is 11.2. The number of rotatable bonds is 7. The second-order valence-electron chi connectivity index (χ2n) is 3.45. The van der Waals surface area contributed by atoms with Crippen molar-refractivity contribution in [3.05, 3.63) is 35.4 Å². The second kappa shape index (κ2) is 6.96. The Kier molecular flexibility index (Phi) is 5.91. The third kappa shape index (κ3) is 5.04. The van der Waals surface area contributed by atoms with Gasteiger partial charge in [0, 0.05) is 13.2 Å². The Hall–Kier alpha value is -0.620. The molecule has 0 heterocycles. The van der Waals surface area contributed by atoms with Crippen LogP contribution in [0.3, 0.4) is 0 Å². The lowest BCUT2D eigenvalue weighted by molar-refractivity contribution is 0.133. The lowest BCUT2D eigenvalue weighted by Crippen LogP contribution is -2.24. The fourth-order valence-corrected chi connectivity index (χ4v) is 1.99. The first-order valence-corrected chi connectivity index (χ1v) is 7.45. The van der Waals surface area contributed by atoms with Crippen LogP contribution in [0.5, 0.6) is 0 Å². The molecule has 4 nitrogen and oxygen atoms in total. The fourth-order valence-electron chi connectivity index (χ4n) is 1.31. The number of alkyl halides is 1. The molecule has 1 rings (SSSR count). The Balaban J connectivity index is 2.70. The van der Waals surface area contributed by atoms with Crippen LogP contribution in [-0.4, -0.2) is 20.2 Å². The van der Waals surface area contributed by atoms with Gasteiger partial charge in [-0.3, -0.25) is 0 Å². The van der Waals surface area contributed by atoms with E-state index in [9.17, 15) is 8.42 Å². The first kappa shape index (κ1) is 14.4. The van der Waals surface area contributed by atoms with E-state index in [2.05, 4.69) is 4.72 Å². The minimum atomic E-state index is -3.38. The van der Waals surface area contributed by atoms with Crippen LogP contribution >= 0.6 is 11.6 Å². The van der Waals surface area contributed by atoms with Gasteiger partial charge in [0.2, 0.25) is 10.0 Å². The molecule has 0 spiro atoms. The van der Waals surface area contributed by atoms with E-state index in [1.54, 1.807) is 0 Å². The number of nitrogens with one attached hydrogen (secondary N) is 1. The summed E-state index contributed by atoms with van der Waals surface area (Å²) in [6.45, 7) is 3.26. The molecule has 0 unspecified atom stereocenters. The number of hydrogen-bond donors (Lipinski definition) is 1. The Morgan fingerprint density at radius 1 is 1.29 bits per heavy atom. The summed E-state index contributed by atoms with van der Waals surface area (Å²) in [7, 11) is -3.38. The zero-order valence-corrected chi connectivity index (χ0v) is 11.2. The van der Waals surface area contributed by atoms with E-state index in [0.29, 0.717) is 13.2 Å². The van der Waals surface area contributed by atoms with E-state index >= 15 is 0 Å². The highest BCUT2D eigenvalue weighted by Gasteiger charge is 2.09. The molecule has 0 bridgehead atoms. The van der Waals surface area contributed by atoms with Crippen LogP contribution in [0.25, 0.3) is 0 Å². The van der Waals surface area contributed by atoms with Crippen LogP contribution in [-0.2, 0) is 27.9 Å². The molecule has 0 aliphatic heterocycles. The number of hydrogen-bond acceptors (Lipinski definition) is 3. The monoisotopic (exact) mass is 277 g/mol. The lowest BCUT2D eigenvalue weighted by atomic mass is 10.1. The van der Waals surface area contributed by atoms with Crippen LogP contribution in [0.1, 0.15) is 18.1 Å². The highest BCUT2D eigenvalue weighted by Crippen LogP contribution is 2.10. The Bertz CT molecular complexity index is 448. The normalized spacial score (nSPS) is 11.6. The van der Waals surface area contributed by atoms with Gasteiger partial charge in [0.1, 0.15) is 5.21 Å². The van der Waals surface area contributed by atoms with E-state index in [0.717, 1.165) is 11.1 Å². The minimum Gasteiger partial charge on any atom is -0.377 e. The van der Waals surface area contributed by atoms with Gasteiger partial charge in [0.15, 0.2) is 0 Å². The minimum absolute atomic E-state index is 0.234. The van der Waals surface area contributed by atoms with Crippen LogP contribution in [0.15, 0.2) is 24.3 Å². The van der Waals surface area contributed by atoms with Gasteiger partial charge >= 0.3 is 0 Å². The SMILES string of the molecule is CCOCc1ccccc1CNS(=O)(=O)CCl. The molecule has 1 N–H and O–H groups in total. The van der Waals surface area contributed by atoms with Gasteiger partial charge in [-0.25, -0.2) is 13.1 Å².